The molecule has 0 saturated carbocycles. The zero-order valence-electron chi connectivity index (χ0n) is 8.78. The van der Waals surface area contributed by atoms with Crippen LogP contribution in [0.2, 0.25) is 0 Å². The minimum atomic E-state index is 0.162. The van der Waals surface area contributed by atoms with Gasteiger partial charge in [0.05, 0.1) is 5.69 Å². The Kier molecular flexibility index (Phi) is 2.08. The Morgan fingerprint density at radius 1 is 1.18 bits per heavy atom. The summed E-state index contributed by atoms with van der Waals surface area (Å²) in [5.74, 6) is 1.05. The second kappa shape index (κ2) is 3.71. The molecule has 3 heterocycles. The second-order valence-electron chi connectivity index (χ2n) is 3.35. The van der Waals surface area contributed by atoms with E-state index >= 15 is 0 Å². The van der Waals surface area contributed by atoms with Crippen LogP contribution in [0.4, 0.5) is 5.95 Å². The molecule has 7 nitrogen and oxygen atoms in total. The van der Waals surface area contributed by atoms with E-state index in [-0.39, 0.29) is 5.95 Å². The maximum atomic E-state index is 5.65. The number of hydrogen-bond donors (Lipinski definition) is 2. The van der Waals surface area contributed by atoms with Crippen LogP contribution in [-0.2, 0) is 0 Å². The third kappa shape index (κ3) is 1.73. The number of rotatable bonds is 2. The molecule has 0 radical (unpaired) electrons. The van der Waals surface area contributed by atoms with Gasteiger partial charge in [-0.25, -0.2) is 4.68 Å². The molecule has 0 aromatic carbocycles. The first-order valence-electron chi connectivity index (χ1n) is 4.98. The fourth-order valence-electron chi connectivity index (χ4n) is 1.46. The highest BCUT2D eigenvalue weighted by molar-refractivity contribution is 5.51. The highest BCUT2D eigenvalue weighted by Gasteiger charge is 2.08. The van der Waals surface area contributed by atoms with Gasteiger partial charge in [0.25, 0.3) is 5.95 Å². The van der Waals surface area contributed by atoms with Crippen LogP contribution in [-0.4, -0.2) is 29.7 Å². The first-order chi connectivity index (χ1) is 8.33. The summed E-state index contributed by atoms with van der Waals surface area (Å²) in [6.45, 7) is 0. The van der Waals surface area contributed by atoms with Gasteiger partial charge in [0, 0.05) is 18.6 Å². The molecule has 3 rings (SSSR count). The smallest absolute Gasteiger partial charge is 0.255 e. The third-order valence-corrected chi connectivity index (χ3v) is 2.19. The molecule has 0 aliphatic heterocycles. The van der Waals surface area contributed by atoms with E-state index in [1.54, 1.807) is 24.7 Å². The molecule has 3 aromatic rings. The Morgan fingerprint density at radius 3 is 2.82 bits per heavy atom. The summed E-state index contributed by atoms with van der Waals surface area (Å²) in [5, 5.41) is 4.05. The van der Waals surface area contributed by atoms with Crippen LogP contribution in [0, 0.1) is 0 Å². The van der Waals surface area contributed by atoms with E-state index in [1.165, 1.54) is 4.68 Å². The van der Waals surface area contributed by atoms with Crippen LogP contribution in [0.25, 0.3) is 17.5 Å². The average molecular weight is 227 g/mol. The van der Waals surface area contributed by atoms with Crippen LogP contribution >= 0.6 is 0 Å². The SMILES string of the molecule is Nc1nc(-c2ccc[nH]2)nc(-n2cccn2)n1. The van der Waals surface area contributed by atoms with E-state index in [0.29, 0.717) is 11.8 Å². The van der Waals surface area contributed by atoms with Crippen LogP contribution in [0.5, 0.6) is 0 Å². The molecule has 0 amide bonds. The maximum absolute atomic E-state index is 5.65. The number of nitrogens with one attached hydrogen (secondary N) is 1. The summed E-state index contributed by atoms with van der Waals surface area (Å²) >= 11 is 0. The number of H-pyrrole nitrogens is 1. The Balaban J connectivity index is 2.13. The zero-order valence-corrected chi connectivity index (χ0v) is 8.78. The largest absolute Gasteiger partial charge is 0.368 e. The summed E-state index contributed by atoms with van der Waals surface area (Å²) in [6.07, 6.45) is 5.18. The quantitative estimate of drug-likeness (QED) is 0.669. The Morgan fingerprint density at radius 2 is 2.12 bits per heavy atom. The van der Waals surface area contributed by atoms with Gasteiger partial charge in [-0.3, -0.25) is 0 Å². The maximum Gasteiger partial charge on any atom is 0.255 e. The number of aromatic nitrogens is 6. The highest BCUT2D eigenvalue weighted by Crippen LogP contribution is 2.13. The molecule has 0 aliphatic rings. The van der Waals surface area contributed by atoms with Crippen molar-refractivity contribution in [2.75, 3.05) is 5.73 Å². The van der Waals surface area contributed by atoms with E-state index in [0.717, 1.165) is 5.69 Å². The normalized spacial score (nSPS) is 10.6. The van der Waals surface area contributed by atoms with Gasteiger partial charge in [-0.2, -0.15) is 20.1 Å². The molecule has 0 unspecified atom stereocenters. The highest BCUT2D eigenvalue weighted by atomic mass is 15.4. The van der Waals surface area contributed by atoms with E-state index in [4.69, 9.17) is 5.73 Å². The van der Waals surface area contributed by atoms with E-state index < -0.39 is 0 Å². The molecular formula is C10H9N7. The van der Waals surface area contributed by atoms with Crippen molar-refractivity contribution in [1.29, 1.82) is 0 Å². The van der Waals surface area contributed by atoms with Crippen molar-refractivity contribution < 1.29 is 0 Å². The lowest BCUT2D eigenvalue weighted by Gasteiger charge is -2.03. The number of nitrogens with two attached hydrogens (primary N) is 1. The molecule has 17 heavy (non-hydrogen) atoms. The molecule has 0 atom stereocenters. The summed E-state index contributed by atoms with van der Waals surface area (Å²) in [5.41, 5.74) is 6.44. The molecular weight excluding hydrogens is 218 g/mol. The van der Waals surface area contributed by atoms with E-state index in [1.807, 2.05) is 12.1 Å². The van der Waals surface area contributed by atoms with Gasteiger partial charge < -0.3 is 10.7 Å². The van der Waals surface area contributed by atoms with Crippen LogP contribution < -0.4 is 5.73 Å². The van der Waals surface area contributed by atoms with Gasteiger partial charge in [0.1, 0.15) is 0 Å². The predicted octanol–water partition coefficient (Wildman–Crippen LogP) is 0.635. The number of hydrogen-bond acceptors (Lipinski definition) is 5. The first kappa shape index (κ1) is 9.52. The minimum absolute atomic E-state index is 0.162. The van der Waals surface area contributed by atoms with Gasteiger partial charge in [0.2, 0.25) is 5.95 Å². The van der Waals surface area contributed by atoms with E-state index in [2.05, 4.69) is 25.0 Å². The molecule has 0 aliphatic carbocycles. The van der Waals surface area contributed by atoms with Crippen molar-refractivity contribution in [3.05, 3.63) is 36.8 Å². The molecule has 0 fully saturated rings. The summed E-state index contributed by atoms with van der Waals surface area (Å²) in [7, 11) is 0. The van der Waals surface area contributed by atoms with Crippen LogP contribution in [0.15, 0.2) is 36.8 Å². The number of nitrogens with zero attached hydrogens (tertiary/aromatic N) is 5. The Hall–Kier alpha value is -2.70. The van der Waals surface area contributed by atoms with Gasteiger partial charge in [-0.1, -0.05) is 0 Å². The topological polar surface area (TPSA) is 98.3 Å². The fraction of sp³-hybridized carbons (Fsp3) is 0. The number of aromatic amines is 1. The van der Waals surface area contributed by atoms with Crippen LogP contribution in [0.3, 0.4) is 0 Å². The standard InChI is InChI=1S/C10H9N7/c11-9-14-8(7-3-1-4-12-7)15-10(16-9)17-6-2-5-13-17/h1-6,12H,(H2,11,14,15,16). The Bertz CT molecular complexity index is 560. The van der Waals surface area contributed by atoms with Gasteiger partial charge in [-0.15, -0.1) is 0 Å². The lowest BCUT2D eigenvalue weighted by molar-refractivity contribution is 0.800. The fourth-order valence-corrected chi connectivity index (χ4v) is 1.46. The molecule has 3 aromatic heterocycles. The third-order valence-electron chi connectivity index (χ3n) is 2.19. The summed E-state index contributed by atoms with van der Waals surface area (Å²) in [4.78, 5) is 15.4. The predicted molar refractivity (Wildman–Crippen MR) is 61.1 cm³/mol. The molecule has 0 spiro atoms. The lowest BCUT2D eigenvalue weighted by Crippen LogP contribution is -2.08. The van der Waals surface area contributed by atoms with Crippen molar-refractivity contribution in [2.45, 2.75) is 0 Å². The van der Waals surface area contributed by atoms with Crippen LogP contribution in [0.1, 0.15) is 0 Å². The molecule has 7 heteroatoms. The number of anilines is 1. The van der Waals surface area contributed by atoms with E-state index in [9.17, 15) is 0 Å². The summed E-state index contributed by atoms with van der Waals surface area (Å²) < 4.78 is 1.53. The van der Waals surface area contributed by atoms with Gasteiger partial charge in [0.15, 0.2) is 5.82 Å². The van der Waals surface area contributed by atoms with Crippen molar-refractivity contribution in [3.8, 4) is 17.5 Å². The average Bonchev–Trinajstić information content (AvgIpc) is 3.02. The van der Waals surface area contributed by atoms with Gasteiger partial charge >= 0.3 is 0 Å². The monoisotopic (exact) mass is 227 g/mol. The molecule has 84 valence electrons. The van der Waals surface area contributed by atoms with Gasteiger partial charge in [-0.05, 0) is 18.2 Å². The second-order valence-corrected chi connectivity index (χ2v) is 3.35. The lowest BCUT2D eigenvalue weighted by atomic mass is 10.4. The Labute approximate surface area is 96.4 Å². The molecule has 3 N–H and O–H groups in total. The zero-order chi connectivity index (χ0) is 11.7. The minimum Gasteiger partial charge on any atom is -0.368 e. The van der Waals surface area contributed by atoms with Crippen molar-refractivity contribution >= 4 is 5.95 Å². The number of nitrogen functional groups attached to an aromatic ring is 1. The van der Waals surface area contributed by atoms with Crippen molar-refractivity contribution in [1.82, 2.24) is 29.7 Å². The molecule has 0 bridgehead atoms. The van der Waals surface area contributed by atoms with Crippen molar-refractivity contribution in [2.24, 2.45) is 0 Å². The van der Waals surface area contributed by atoms with Crippen molar-refractivity contribution in [3.63, 3.8) is 0 Å². The summed E-state index contributed by atoms with van der Waals surface area (Å²) in [6, 6.07) is 5.51. The first-order valence-corrected chi connectivity index (χ1v) is 4.98. The molecule has 0 saturated heterocycles.